The van der Waals surface area contributed by atoms with Crippen LogP contribution in [0.25, 0.3) is 21.8 Å². The van der Waals surface area contributed by atoms with Gasteiger partial charge in [-0.15, -0.1) is 35.6 Å². The molecule has 0 amide bonds. The number of fused-ring (bicyclic) bond motifs is 2. The van der Waals surface area contributed by atoms with E-state index in [0.717, 1.165) is 65.7 Å². The Morgan fingerprint density at radius 2 is 1.74 bits per heavy atom. The zero-order valence-corrected chi connectivity index (χ0v) is 20.9. The first-order valence-corrected chi connectivity index (χ1v) is 11.7. The van der Waals surface area contributed by atoms with Crippen LogP contribution in [0, 0.1) is 0 Å². The third-order valence-corrected chi connectivity index (χ3v) is 5.82. The van der Waals surface area contributed by atoms with E-state index in [4.69, 9.17) is 44.5 Å². The van der Waals surface area contributed by atoms with Crippen molar-refractivity contribution in [2.24, 2.45) is 0 Å². The molecule has 0 saturated carbocycles. The first-order valence-electron chi connectivity index (χ1n) is 10.2. The molecule has 0 spiro atoms. The van der Waals surface area contributed by atoms with E-state index in [1.807, 2.05) is 36.4 Å². The summed E-state index contributed by atoms with van der Waals surface area (Å²) in [7, 11) is 1.68. The molecule has 1 atom stereocenters. The summed E-state index contributed by atoms with van der Waals surface area (Å²) >= 11 is 18.0. The average molecular weight is 505 g/mol. The number of halogens is 4. The zero-order valence-electron chi connectivity index (χ0n) is 17.8. The van der Waals surface area contributed by atoms with Gasteiger partial charge in [-0.05, 0) is 62.7 Å². The third-order valence-electron chi connectivity index (χ3n) is 5.25. The van der Waals surface area contributed by atoms with Crippen LogP contribution in [0.2, 0.25) is 5.02 Å². The number of alkyl halides is 2. The van der Waals surface area contributed by atoms with Gasteiger partial charge in [-0.1, -0.05) is 11.6 Å². The van der Waals surface area contributed by atoms with Crippen LogP contribution >= 0.6 is 47.2 Å². The molecule has 3 aromatic rings. The van der Waals surface area contributed by atoms with Crippen LogP contribution in [0.4, 0.5) is 5.69 Å². The molecule has 0 radical (unpaired) electrons. The molecule has 0 aliphatic heterocycles. The van der Waals surface area contributed by atoms with E-state index in [9.17, 15) is 0 Å². The zero-order chi connectivity index (χ0) is 21.5. The molecule has 0 aliphatic carbocycles. The summed E-state index contributed by atoms with van der Waals surface area (Å²) in [5.41, 5.74) is 2.86. The highest BCUT2D eigenvalue weighted by molar-refractivity contribution is 6.31. The summed E-state index contributed by atoms with van der Waals surface area (Å²) in [6, 6.07) is 12.1. The lowest BCUT2D eigenvalue weighted by atomic mass is 10.1. The molecule has 31 heavy (non-hydrogen) atoms. The summed E-state index contributed by atoms with van der Waals surface area (Å²) in [6.45, 7) is 4.95. The Labute approximate surface area is 205 Å². The van der Waals surface area contributed by atoms with Crippen molar-refractivity contribution in [3.8, 4) is 5.75 Å². The van der Waals surface area contributed by atoms with Gasteiger partial charge in [-0.3, -0.25) is 0 Å². The molecule has 4 nitrogen and oxygen atoms in total. The van der Waals surface area contributed by atoms with Gasteiger partial charge in [-0.25, -0.2) is 4.98 Å². The highest BCUT2D eigenvalue weighted by Crippen LogP contribution is 2.34. The molecule has 0 bridgehead atoms. The average Bonchev–Trinajstić information content (AvgIpc) is 2.73. The molecule has 2 aromatic carbocycles. The van der Waals surface area contributed by atoms with Gasteiger partial charge in [0.15, 0.2) is 0 Å². The van der Waals surface area contributed by atoms with Gasteiger partial charge in [-0.2, -0.15) is 0 Å². The Morgan fingerprint density at radius 3 is 2.42 bits per heavy atom. The summed E-state index contributed by atoms with van der Waals surface area (Å²) in [6.07, 6.45) is 2.10. The van der Waals surface area contributed by atoms with Crippen molar-refractivity contribution < 1.29 is 4.74 Å². The van der Waals surface area contributed by atoms with E-state index in [0.29, 0.717) is 16.8 Å². The van der Waals surface area contributed by atoms with Crippen molar-refractivity contribution in [1.82, 2.24) is 9.88 Å². The molecule has 8 heteroatoms. The minimum Gasteiger partial charge on any atom is -0.497 e. The molecular formula is C23H29Cl4N3O. The second-order valence-corrected chi connectivity index (χ2v) is 8.63. The van der Waals surface area contributed by atoms with Crippen LogP contribution in [-0.2, 0) is 0 Å². The van der Waals surface area contributed by atoms with Crippen LogP contribution in [0.15, 0.2) is 36.4 Å². The predicted octanol–water partition coefficient (Wildman–Crippen LogP) is 6.83. The number of aromatic nitrogens is 1. The molecule has 0 fully saturated rings. The van der Waals surface area contributed by atoms with Crippen molar-refractivity contribution in [1.29, 1.82) is 0 Å². The molecule has 0 aliphatic rings. The van der Waals surface area contributed by atoms with Gasteiger partial charge < -0.3 is 15.0 Å². The van der Waals surface area contributed by atoms with Crippen LogP contribution < -0.4 is 10.1 Å². The molecule has 0 saturated heterocycles. The van der Waals surface area contributed by atoms with Gasteiger partial charge in [0.25, 0.3) is 0 Å². The molecule has 1 aromatic heterocycles. The number of hydrogen-bond donors (Lipinski definition) is 1. The number of benzene rings is 2. The Hall–Kier alpha value is -1.17. The molecular weight excluding hydrogens is 476 g/mol. The van der Waals surface area contributed by atoms with Gasteiger partial charge in [0.2, 0.25) is 0 Å². The quantitative estimate of drug-likeness (QED) is 0.229. The lowest BCUT2D eigenvalue weighted by Gasteiger charge is -2.22. The SMILES string of the molecule is COc1ccc2nc3cc(Cl)ccc3c(NC(C)CCCN(CCCl)CCCl)c2c1.Cl. The maximum Gasteiger partial charge on any atom is 0.119 e. The van der Waals surface area contributed by atoms with Crippen molar-refractivity contribution in [2.75, 3.05) is 43.8 Å². The van der Waals surface area contributed by atoms with E-state index in [-0.39, 0.29) is 18.4 Å². The predicted molar refractivity (Wildman–Crippen MR) is 138 cm³/mol. The van der Waals surface area contributed by atoms with Crippen molar-refractivity contribution in [2.45, 2.75) is 25.8 Å². The monoisotopic (exact) mass is 503 g/mol. The second-order valence-electron chi connectivity index (χ2n) is 7.44. The maximum absolute atomic E-state index is 6.22. The molecule has 1 heterocycles. The smallest absolute Gasteiger partial charge is 0.119 e. The fourth-order valence-electron chi connectivity index (χ4n) is 3.69. The van der Waals surface area contributed by atoms with Gasteiger partial charge in [0, 0.05) is 46.7 Å². The van der Waals surface area contributed by atoms with Gasteiger partial charge in [0.1, 0.15) is 5.75 Å². The highest BCUT2D eigenvalue weighted by atomic mass is 35.5. The normalized spacial score (nSPS) is 12.2. The molecule has 3 rings (SSSR count). The second kappa shape index (κ2) is 12.8. The Kier molecular flexibility index (Phi) is 10.7. The van der Waals surface area contributed by atoms with Crippen LogP contribution in [-0.4, -0.2) is 54.4 Å². The summed E-state index contributed by atoms with van der Waals surface area (Å²) in [5.74, 6) is 2.07. The van der Waals surface area contributed by atoms with Crippen molar-refractivity contribution in [3.63, 3.8) is 0 Å². The van der Waals surface area contributed by atoms with E-state index >= 15 is 0 Å². The van der Waals surface area contributed by atoms with Gasteiger partial charge >= 0.3 is 0 Å². The van der Waals surface area contributed by atoms with Crippen LogP contribution in [0.5, 0.6) is 5.75 Å². The number of nitrogens with one attached hydrogen (secondary N) is 1. The Morgan fingerprint density at radius 1 is 1.00 bits per heavy atom. The van der Waals surface area contributed by atoms with E-state index in [1.165, 1.54) is 0 Å². The lowest BCUT2D eigenvalue weighted by molar-refractivity contribution is 0.298. The van der Waals surface area contributed by atoms with E-state index < -0.39 is 0 Å². The molecule has 170 valence electrons. The highest BCUT2D eigenvalue weighted by Gasteiger charge is 2.14. The number of nitrogens with zero attached hydrogens (tertiary/aromatic N) is 2. The Bertz CT molecular complexity index is 980. The largest absolute Gasteiger partial charge is 0.497 e. The topological polar surface area (TPSA) is 37.4 Å². The van der Waals surface area contributed by atoms with Crippen molar-refractivity contribution >= 4 is 74.7 Å². The summed E-state index contributed by atoms with van der Waals surface area (Å²) < 4.78 is 5.45. The van der Waals surface area contributed by atoms with Crippen LogP contribution in [0.1, 0.15) is 19.8 Å². The fourth-order valence-corrected chi connectivity index (χ4v) is 4.34. The standard InChI is InChI=1S/C23H28Cl3N3O.ClH/c1-16(4-3-11-29(12-9-24)13-10-25)27-23-19-7-5-17(26)14-22(19)28-21-8-6-18(30-2)15-20(21)23;/h5-8,14-16H,3-4,9-13H2,1-2H3,(H,27,28);1H. The molecule has 1 unspecified atom stereocenters. The minimum absolute atomic E-state index is 0. The van der Waals surface area contributed by atoms with Crippen LogP contribution in [0.3, 0.4) is 0 Å². The molecule has 1 N–H and O–H groups in total. The summed E-state index contributed by atoms with van der Waals surface area (Å²) in [4.78, 5) is 7.11. The maximum atomic E-state index is 6.22. The summed E-state index contributed by atoms with van der Waals surface area (Å²) in [5, 5.41) is 6.51. The van der Waals surface area contributed by atoms with E-state index in [1.54, 1.807) is 7.11 Å². The number of pyridine rings is 1. The first-order chi connectivity index (χ1) is 14.5. The number of ether oxygens (including phenoxy) is 1. The van der Waals surface area contributed by atoms with E-state index in [2.05, 4.69) is 17.1 Å². The lowest BCUT2D eigenvalue weighted by Crippen LogP contribution is -2.30. The number of rotatable bonds is 11. The number of anilines is 1. The fraction of sp³-hybridized carbons (Fsp3) is 0.435. The van der Waals surface area contributed by atoms with Crippen molar-refractivity contribution in [3.05, 3.63) is 41.4 Å². The number of hydrogen-bond acceptors (Lipinski definition) is 4. The minimum atomic E-state index is 0. The third kappa shape index (κ3) is 6.90. The Balaban J connectivity index is 0.00000341. The van der Waals surface area contributed by atoms with Gasteiger partial charge in [0.05, 0.1) is 23.8 Å². The number of methoxy groups -OCH3 is 1. The first kappa shape index (κ1) is 26.1.